The minimum Gasteiger partial charge on any atom is -0.366 e. The Morgan fingerprint density at radius 1 is 0.970 bits per heavy atom. The van der Waals surface area contributed by atoms with Gasteiger partial charge >= 0.3 is 11.1 Å². The molecule has 3 aromatic carbocycles. The highest BCUT2D eigenvalue weighted by Gasteiger charge is 2.19. The molecule has 1 aromatic heterocycles. The summed E-state index contributed by atoms with van der Waals surface area (Å²) in [6.07, 6.45) is 0. The van der Waals surface area contributed by atoms with E-state index < -0.39 is 27.0 Å². The second-order valence-electron chi connectivity index (χ2n) is 7.32. The van der Waals surface area contributed by atoms with E-state index in [1.165, 1.54) is 24.3 Å². The van der Waals surface area contributed by atoms with Crippen LogP contribution in [0.25, 0.3) is 22.2 Å². The largest absolute Gasteiger partial charge is 0.366 e. The number of anilines is 1. The van der Waals surface area contributed by atoms with Gasteiger partial charge in [0.1, 0.15) is 0 Å². The van der Waals surface area contributed by atoms with Crippen molar-refractivity contribution in [3.8, 4) is 11.1 Å². The minimum atomic E-state index is -4.05. The lowest BCUT2D eigenvalue weighted by atomic mass is 10.0. The van der Waals surface area contributed by atoms with E-state index in [9.17, 15) is 22.8 Å². The normalized spacial score (nSPS) is 11.5. The first-order valence-electron chi connectivity index (χ1n) is 9.55. The molecule has 168 valence electrons. The van der Waals surface area contributed by atoms with Crippen LogP contribution in [0.2, 0.25) is 5.02 Å². The van der Waals surface area contributed by atoms with Gasteiger partial charge in [0.15, 0.2) is 0 Å². The molecule has 0 aliphatic heterocycles. The second-order valence-corrected chi connectivity index (χ2v) is 9.37. The topological polar surface area (TPSA) is 155 Å². The molecule has 0 saturated carbocycles. The Labute approximate surface area is 192 Å². The number of aromatic amines is 2. The molecule has 0 bridgehead atoms. The third-order valence-corrected chi connectivity index (χ3v) is 6.82. The quantitative estimate of drug-likeness (QED) is 0.320. The lowest BCUT2D eigenvalue weighted by Crippen LogP contribution is -2.29. The lowest BCUT2D eigenvalue weighted by Gasteiger charge is -2.13. The van der Waals surface area contributed by atoms with E-state index in [1.807, 2.05) is 0 Å². The fourth-order valence-electron chi connectivity index (χ4n) is 3.41. The average Bonchev–Trinajstić information content (AvgIpc) is 2.74. The SMILES string of the molecule is Cc1cc2[nH]c(=O)c(=O)[nH]c2cc1S(=O)(=O)Nc1ccc(-c2cccc(C(N)=O)c2)c(Cl)c1. The highest BCUT2D eigenvalue weighted by Crippen LogP contribution is 2.32. The average molecular weight is 485 g/mol. The summed E-state index contributed by atoms with van der Waals surface area (Å²) in [5.74, 6) is -0.575. The predicted octanol–water partition coefficient (Wildman–Crippen LogP) is 2.74. The summed E-state index contributed by atoms with van der Waals surface area (Å²) in [6, 6.07) is 13.9. The van der Waals surface area contributed by atoms with Crippen LogP contribution in [0.5, 0.6) is 0 Å². The van der Waals surface area contributed by atoms with Crippen molar-refractivity contribution in [2.75, 3.05) is 4.72 Å². The number of amides is 1. The number of H-pyrrole nitrogens is 2. The Balaban J connectivity index is 1.70. The third kappa shape index (κ3) is 4.38. The summed E-state index contributed by atoms with van der Waals surface area (Å²) in [6.45, 7) is 1.57. The number of carbonyl (C=O) groups is 1. The van der Waals surface area contributed by atoms with Gasteiger partial charge in [0.25, 0.3) is 10.0 Å². The number of hydrogen-bond donors (Lipinski definition) is 4. The molecule has 0 saturated heterocycles. The van der Waals surface area contributed by atoms with Crippen LogP contribution in [0.4, 0.5) is 5.69 Å². The number of sulfonamides is 1. The third-order valence-electron chi connectivity index (χ3n) is 4.99. The zero-order chi connectivity index (χ0) is 23.9. The number of primary amides is 1. The summed E-state index contributed by atoms with van der Waals surface area (Å²) in [7, 11) is -4.05. The highest BCUT2D eigenvalue weighted by atomic mass is 35.5. The number of nitrogens with one attached hydrogen (secondary N) is 3. The molecule has 5 N–H and O–H groups in total. The highest BCUT2D eigenvalue weighted by molar-refractivity contribution is 7.92. The van der Waals surface area contributed by atoms with E-state index in [4.69, 9.17) is 17.3 Å². The van der Waals surface area contributed by atoms with Crippen molar-refractivity contribution in [1.82, 2.24) is 9.97 Å². The van der Waals surface area contributed by atoms with Crippen LogP contribution in [0.1, 0.15) is 15.9 Å². The molecule has 0 atom stereocenters. The molecule has 1 amide bonds. The summed E-state index contributed by atoms with van der Waals surface area (Å²) in [5.41, 5.74) is 6.23. The first-order chi connectivity index (χ1) is 15.5. The number of fused-ring (bicyclic) bond motifs is 1. The standard InChI is InChI=1S/C22H17ClN4O5S/c1-11-7-17-18(26-22(30)21(29)25-17)10-19(11)33(31,32)27-14-5-6-15(16(23)9-14)12-3-2-4-13(8-12)20(24)28/h2-10,27H,1H3,(H2,24,28)(H,25,29)(H,26,30). The molecule has 0 aliphatic carbocycles. The van der Waals surface area contributed by atoms with Crippen molar-refractivity contribution in [3.05, 3.63) is 91.5 Å². The summed E-state index contributed by atoms with van der Waals surface area (Å²) >= 11 is 6.39. The van der Waals surface area contributed by atoms with Crippen molar-refractivity contribution in [2.24, 2.45) is 5.73 Å². The first-order valence-corrected chi connectivity index (χ1v) is 11.4. The molecule has 33 heavy (non-hydrogen) atoms. The molecule has 1 heterocycles. The number of benzene rings is 3. The van der Waals surface area contributed by atoms with Gasteiger partial charge in [0.2, 0.25) is 5.91 Å². The number of halogens is 1. The molecule has 4 rings (SSSR count). The van der Waals surface area contributed by atoms with Crippen molar-refractivity contribution >= 4 is 44.3 Å². The molecule has 0 radical (unpaired) electrons. The van der Waals surface area contributed by atoms with Crippen LogP contribution < -0.4 is 21.6 Å². The van der Waals surface area contributed by atoms with Crippen LogP contribution in [0.15, 0.2) is 69.1 Å². The summed E-state index contributed by atoms with van der Waals surface area (Å²) < 4.78 is 28.5. The number of nitrogens with two attached hydrogens (primary N) is 1. The van der Waals surface area contributed by atoms with E-state index in [0.29, 0.717) is 27.8 Å². The number of rotatable bonds is 5. The van der Waals surface area contributed by atoms with E-state index in [-0.39, 0.29) is 21.1 Å². The van der Waals surface area contributed by atoms with Gasteiger partial charge in [-0.1, -0.05) is 29.8 Å². The molecule has 0 spiro atoms. The van der Waals surface area contributed by atoms with Crippen molar-refractivity contribution in [2.45, 2.75) is 11.8 Å². The van der Waals surface area contributed by atoms with Gasteiger partial charge in [-0.25, -0.2) is 8.42 Å². The number of hydrogen-bond acceptors (Lipinski definition) is 5. The van der Waals surface area contributed by atoms with Gasteiger partial charge in [-0.15, -0.1) is 0 Å². The zero-order valence-electron chi connectivity index (χ0n) is 17.1. The second kappa shape index (κ2) is 8.23. The first kappa shape index (κ1) is 22.3. The molecule has 9 nitrogen and oxygen atoms in total. The van der Waals surface area contributed by atoms with Crippen LogP contribution in [0, 0.1) is 6.92 Å². The van der Waals surface area contributed by atoms with Crippen molar-refractivity contribution in [3.63, 3.8) is 0 Å². The van der Waals surface area contributed by atoms with Crippen LogP contribution in [-0.4, -0.2) is 24.3 Å². The number of aryl methyl sites for hydroxylation is 1. The fraction of sp³-hybridized carbons (Fsp3) is 0.0455. The molecular formula is C22H17ClN4O5S. The van der Waals surface area contributed by atoms with Crippen molar-refractivity contribution in [1.29, 1.82) is 0 Å². The Bertz CT molecular complexity index is 1660. The van der Waals surface area contributed by atoms with Gasteiger partial charge in [0, 0.05) is 11.1 Å². The van der Waals surface area contributed by atoms with Crippen LogP contribution in [0.3, 0.4) is 0 Å². The molecule has 4 aromatic rings. The van der Waals surface area contributed by atoms with Gasteiger partial charge in [-0.2, -0.15) is 0 Å². The molecular weight excluding hydrogens is 468 g/mol. The predicted molar refractivity (Wildman–Crippen MR) is 126 cm³/mol. The van der Waals surface area contributed by atoms with Gasteiger partial charge in [-0.05, 0) is 54.4 Å². The van der Waals surface area contributed by atoms with Gasteiger partial charge in [0.05, 0.1) is 26.6 Å². The smallest absolute Gasteiger partial charge is 0.314 e. The van der Waals surface area contributed by atoms with Gasteiger partial charge < -0.3 is 15.7 Å². The monoisotopic (exact) mass is 484 g/mol. The maximum Gasteiger partial charge on any atom is 0.314 e. The Kier molecular flexibility index (Phi) is 5.56. The fourth-order valence-corrected chi connectivity index (χ4v) is 5.00. The van der Waals surface area contributed by atoms with E-state index in [2.05, 4.69) is 14.7 Å². The molecule has 0 unspecified atom stereocenters. The molecule has 0 aliphatic rings. The minimum absolute atomic E-state index is 0.0768. The maximum absolute atomic E-state index is 13.0. The number of aromatic nitrogens is 2. The summed E-state index contributed by atoms with van der Waals surface area (Å²) in [4.78, 5) is 39.3. The summed E-state index contributed by atoms with van der Waals surface area (Å²) in [5, 5.41) is 0.258. The van der Waals surface area contributed by atoms with E-state index in [1.54, 1.807) is 37.3 Å². The van der Waals surface area contributed by atoms with Crippen LogP contribution in [-0.2, 0) is 10.0 Å². The Hall–Kier alpha value is -3.89. The number of carbonyl (C=O) groups excluding carboxylic acids is 1. The van der Waals surface area contributed by atoms with Crippen LogP contribution >= 0.6 is 11.6 Å². The Morgan fingerprint density at radius 2 is 1.64 bits per heavy atom. The maximum atomic E-state index is 13.0. The molecule has 0 fully saturated rings. The lowest BCUT2D eigenvalue weighted by molar-refractivity contribution is 0.100. The molecule has 11 heteroatoms. The van der Waals surface area contributed by atoms with E-state index in [0.717, 1.165) is 0 Å². The Morgan fingerprint density at radius 3 is 2.27 bits per heavy atom. The van der Waals surface area contributed by atoms with Crippen molar-refractivity contribution < 1.29 is 13.2 Å². The van der Waals surface area contributed by atoms with E-state index >= 15 is 0 Å². The van der Waals surface area contributed by atoms with Gasteiger partial charge in [-0.3, -0.25) is 19.1 Å². The zero-order valence-corrected chi connectivity index (χ0v) is 18.7.